The molecule has 51 heavy (non-hydrogen) atoms. The van der Waals surface area contributed by atoms with Gasteiger partial charge < -0.3 is 14.0 Å². The van der Waals surface area contributed by atoms with Gasteiger partial charge in [0.1, 0.15) is 18.3 Å². The van der Waals surface area contributed by atoms with E-state index >= 15 is 0 Å². The number of nitrogens with zero attached hydrogens (tertiary/aromatic N) is 7. The Labute approximate surface area is 303 Å². The van der Waals surface area contributed by atoms with Crippen molar-refractivity contribution in [3.05, 3.63) is 129 Å². The Bertz CT molecular complexity index is 1960. The fourth-order valence-corrected chi connectivity index (χ4v) is 7.64. The zero-order valence-corrected chi connectivity index (χ0v) is 30.8. The van der Waals surface area contributed by atoms with Crippen LogP contribution in [0, 0.1) is 5.82 Å². The van der Waals surface area contributed by atoms with Gasteiger partial charge in [-0.05, 0) is 86.3 Å². The van der Waals surface area contributed by atoms with E-state index in [-0.39, 0.29) is 17.4 Å². The first kappa shape index (κ1) is 36.6. The number of thioether (sulfide) groups is 1. The molecule has 0 N–H and O–H groups in total. The van der Waals surface area contributed by atoms with Crippen molar-refractivity contribution in [1.29, 1.82) is 0 Å². The lowest BCUT2D eigenvalue weighted by atomic mass is 10.0. The summed E-state index contributed by atoms with van der Waals surface area (Å²) in [5.74, 6) is 1.95. The quantitative estimate of drug-likeness (QED) is 0.0785. The first-order valence-corrected chi connectivity index (χ1v) is 18.8. The van der Waals surface area contributed by atoms with E-state index in [0.29, 0.717) is 29.6 Å². The van der Waals surface area contributed by atoms with Gasteiger partial charge in [-0.3, -0.25) is 9.69 Å². The van der Waals surface area contributed by atoms with Crippen LogP contribution in [0.15, 0.2) is 82.7 Å². The molecular formula is C40H47F2N7OS. The van der Waals surface area contributed by atoms with Crippen LogP contribution in [0.1, 0.15) is 72.8 Å². The van der Waals surface area contributed by atoms with Crippen molar-refractivity contribution < 1.29 is 8.78 Å². The number of hydrogen-bond acceptors (Lipinski definition) is 7. The van der Waals surface area contributed by atoms with Crippen LogP contribution in [0.3, 0.4) is 0 Å². The van der Waals surface area contributed by atoms with Crippen molar-refractivity contribution >= 4 is 11.8 Å². The van der Waals surface area contributed by atoms with Crippen LogP contribution in [0.2, 0.25) is 0 Å². The summed E-state index contributed by atoms with van der Waals surface area (Å²) in [4.78, 5) is 22.5. The molecule has 6 rings (SSSR count). The highest BCUT2D eigenvalue weighted by Gasteiger charge is 2.26. The molecule has 0 fully saturated rings. The molecule has 0 amide bonds. The van der Waals surface area contributed by atoms with Gasteiger partial charge in [-0.25, -0.2) is 8.78 Å². The number of likely N-dealkylation sites (N-methyl/N-ethyl adjacent to an activating group) is 2. The van der Waals surface area contributed by atoms with Crippen molar-refractivity contribution in [1.82, 2.24) is 34.1 Å². The van der Waals surface area contributed by atoms with E-state index in [4.69, 9.17) is 10.2 Å². The van der Waals surface area contributed by atoms with Crippen LogP contribution in [-0.4, -0.2) is 67.3 Å². The number of aromatic nitrogens is 5. The minimum atomic E-state index is -0.474. The van der Waals surface area contributed by atoms with Gasteiger partial charge in [0, 0.05) is 30.1 Å². The van der Waals surface area contributed by atoms with Crippen LogP contribution in [-0.2, 0) is 38.4 Å². The maximum atomic E-state index is 13.6. The summed E-state index contributed by atoms with van der Waals surface area (Å²) < 4.78 is 31.1. The third-order valence-electron chi connectivity index (χ3n) is 10.1. The van der Waals surface area contributed by atoms with Crippen molar-refractivity contribution in [3.8, 4) is 11.1 Å². The third-order valence-corrected chi connectivity index (χ3v) is 11.1. The molecule has 2 aromatic heterocycles. The number of halogens is 2. The fourth-order valence-electron chi connectivity index (χ4n) is 6.68. The van der Waals surface area contributed by atoms with Gasteiger partial charge in [0.05, 0.1) is 19.1 Å². The zero-order valence-electron chi connectivity index (χ0n) is 30.0. The number of hydrogen-bond donors (Lipinski definition) is 0. The lowest BCUT2D eigenvalue weighted by Crippen LogP contribution is -2.35. The van der Waals surface area contributed by atoms with Crippen LogP contribution in [0.25, 0.3) is 11.1 Å². The van der Waals surface area contributed by atoms with Gasteiger partial charge in [0.2, 0.25) is 0 Å². The highest BCUT2D eigenvalue weighted by molar-refractivity contribution is 7.98. The van der Waals surface area contributed by atoms with Crippen LogP contribution in [0.4, 0.5) is 8.78 Å². The molecule has 0 spiro atoms. The maximum Gasteiger partial charge on any atom is 0.277 e. The number of alkyl halides is 1. The zero-order chi connectivity index (χ0) is 35.9. The topological polar surface area (TPSA) is 72.1 Å². The van der Waals surface area contributed by atoms with Crippen LogP contribution in [0.5, 0.6) is 0 Å². The van der Waals surface area contributed by atoms with Gasteiger partial charge in [0.25, 0.3) is 5.56 Å². The van der Waals surface area contributed by atoms with Gasteiger partial charge >= 0.3 is 0 Å². The molecule has 0 saturated heterocycles. The molecular weight excluding hydrogens is 665 g/mol. The molecule has 1 unspecified atom stereocenters. The van der Waals surface area contributed by atoms with E-state index in [1.807, 2.05) is 24.3 Å². The predicted octanol–water partition coefficient (Wildman–Crippen LogP) is 7.32. The summed E-state index contributed by atoms with van der Waals surface area (Å²) in [6, 6.07) is 22.5. The summed E-state index contributed by atoms with van der Waals surface area (Å²) in [5, 5.41) is 10.2. The second kappa shape index (κ2) is 16.9. The summed E-state index contributed by atoms with van der Waals surface area (Å²) in [6.07, 6.45) is 2.43. The van der Waals surface area contributed by atoms with Gasteiger partial charge in [-0.1, -0.05) is 86.3 Å². The summed E-state index contributed by atoms with van der Waals surface area (Å²) >= 11 is 1.49. The maximum absolute atomic E-state index is 13.6. The van der Waals surface area contributed by atoms with Crippen molar-refractivity contribution in [2.24, 2.45) is 0 Å². The Morgan fingerprint density at radius 1 is 0.824 bits per heavy atom. The standard InChI is InChI=1S/C40H47F2N7OS/c1-5-47(6-2)23-22-46(4)28(3)38-45-44-37(49(38)25-30-12-18-33(19-13-30)32-16-10-29(24-41)11-17-32)26-48-36-9-7-8-35(36)39(50)43-40(48)51-27-31-14-20-34(42)21-15-31/h10-21,28H,5-9,22-27H2,1-4H3. The molecule has 268 valence electrons. The van der Waals surface area contributed by atoms with E-state index < -0.39 is 6.67 Å². The Balaban J connectivity index is 1.33. The van der Waals surface area contributed by atoms with Gasteiger partial charge in [-0.2, -0.15) is 4.98 Å². The highest BCUT2D eigenvalue weighted by Crippen LogP contribution is 2.29. The van der Waals surface area contributed by atoms with E-state index in [1.54, 1.807) is 12.1 Å². The van der Waals surface area contributed by atoms with Crippen LogP contribution < -0.4 is 5.56 Å². The minimum Gasteiger partial charge on any atom is -0.316 e. The highest BCUT2D eigenvalue weighted by atomic mass is 32.2. The lowest BCUT2D eigenvalue weighted by molar-refractivity contribution is 0.199. The summed E-state index contributed by atoms with van der Waals surface area (Å²) in [5.41, 5.74) is 6.47. The molecule has 11 heteroatoms. The average molecular weight is 712 g/mol. The molecule has 1 atom stereocenters. The minimum absolute atomic E-state index is 0.000263. The lowest BCUT2D eigenvalue weighted by Gasteiger charge is -2.28. The first-order chi connectivity index (χ1) is 24.8. The third kappa shape index (κ3) is 8.65. The smallest absolute Gasteiger partial charge is 0.277 e. The van der Waals surface area contributed by atoms with E-state index in [1.165, 1.54) is 23.9 Å². The van der Waals surface area contributed by atoms with Crippen molar-refractivity contribution in [3.63, 3.8) is 0 Å². The van der Waals surface area contributed by atoms with Gasteiger partial charge in [-0.15, -0.1) is 10.2 Å². The molecule has 3 aromatic carbocycles. The van der Waals surface area contributed by atoms with E-state index in [2.05, 4.69) is 76.0 Å². The SMILES string of the molecule is CCN(CC)CCN(C)C(C)c1nnc(Cn2c(SCc3ccc(F)cc3)nc(=O)c3c2CCC3)n1Cc1ccc(-c2ccc(CF)cc2)cc1. The Morgan fingerprint density at radius 2 is 1.47 bits per heavy atom. The van der Waals surface area contributed by atoms with Crippen molar-refractivity contribution in [2.45, 2.75) is 76.7 Å². The van der Waals surface area contributed by atoms with Crippen molar-refractivity contribution in [2.75, 3.05) is 33.2 Å². The molecule has 0 radical (unpaired) electrons. The monoisotopic (exact) mass is 711 g/mol. The molecule has 1 aliphatic rings. The summed E-state index contributed by atoms with van der Waals surface area (Å²) in [7, 11) is 2.14. The molecule has 5 aromatic rings. The molecule has 0 bridgehead atoms. The first-order valence-electron chi connectivity index (χ1n) is 17.9. The van der Waals surface area contributed by atoms with Gasteiger partial charge in [0.15, 0.2) is 11.0 Å². The second-order valence-electron chi connectivity index (χ2n) is 13.3. The molecule has 1 aliphatic carbocycles. The molecule has 0 aliphatic heterocycles. The second-order valence-corrected chi connectivity index (χ2v) is 14.2. The van der Waals surface area contributed by atoms with E-state index in [0.717, 1.165) is 90.6 Å². The average Bonchev–Trinajstić information content (AvgIpc) is 3.81. The summed E-state index contributed by atoms with van der Waals surface area (Å²) in [6.45, 7) is 10.9. The predicted molar refractivity (Wildman–Crippen MR) is 200 cm³/mol. The van der Waals surface area contributed by atoms with E-state index in [9.17, 15) is 13.6 Å². The number of fused-ring (bicyclic) bond motifs is 1. The Morgan fingerprint density at radius 3 is 2.12 bits per heavy atom. The Kier molecular flexibility index (Phi) is 12.1. The normalized spacial score (nSPS) is 13.3. The van der Waals surface area contributed by atoms with Crippen LogP contribution >= 0.6 is 11.8 Å². The molecule has 0 saturated carbocycles. The largest absolute Gasteiger partial charge is 0.316 e. The fraction of sp³-hybridized carbons (Fsp3) is 0.400. The number of rotatable bonds is 16. The molecule has 8 nitrogen and oxygen atoms in total. The Hall–Kier alpha value is -4.19. The molecule has 2 heterocycles. The number of benzene rings is 3.